The van der Waals surface area contributed by atoms with Crippen LogP contribution in [0.15, 0.2) is 42.5 Å². The van der Waals surface area contributed by atoms with Gasteiger partial charge in [0.15, 0.2) is 0 Å². The molecule has 2 rings (SSSR count). The lowest BCUT2D eigenvalue weighted by Crippen LogP contribution is -2.82. The van der Waals surface area contributed by atoms with Crippen LogP contribution in [0.5, 0.6) is 0 Å². The van der Waals surface area contributed by atoms with Crippen molar-refractivity contribution in [3.8, 4) is 0 Å². The topological polar surface area (TPSA) is 56.7 Å². The fourth-order valence-corrected chi connectivity index (χ4v) is 2.12. The van der Waals surface area contributed by atoms with Crippen molar-refractivity contribution in [2.45, 2.75) is 19.4 Å². The standard InChI is InChI=1S/C15H17NO2/c17-15(18)9-4-10-16-11-13-7-3-6-12-5-1-2-8-14(12)13/h1-3,5-8,16H,4,9-11H2,(H,17,18). The molecule has 0 aliphatic heterocycles. The highest BCUT2D eigenvalue weighted by atomic mass is 16.4. The summed E-state index contributed by atoms with van der Waals surface area (Å²) < 4.78 is 0. The minimum absolute atomic E-state index is 0.145. The molecule has 0 aromatic heterocycles. The number of carboxylic acids is 1. The summed E-state index contributed by atoms with van der Waals surface area (Å²) in [5.74, 6) is -0.964. The number of rotatable bonds is 6. The molecule has 3 heteroatoms. The van der Waals surface area contributed by atoms with Gasteiger partial charge in [-0.05, 0) is 17.2 Å². The molecule has 18 heavy (non-hydrogen) atoms. The van der Waals surface area contributed by atoms with Crippen LogP contribution in [-0.2, 0) is 11.3 Å². The van der Waals surface area contributed by atoms with Crippen LogP contribution in [0.1, 0.15) is 18.4 Å². The highest BCUT2D eigenvalue weighted by Gasteiger charge is 2.01. The number of carboxylic acid groups (broad SMARTS) is 1. The molecule has 0 aliphatic rings. The monoisotopic (exact) mass is 243 g/mol. The average Bonchev–Trinajstić information content (AvgIpc) is 2.38. The SMILES string of the molecule is O=C([O-])CCC[NH2+]Cc1cccc2ccccc12. The van der Waals surface area contributed by atoms with Gasteiger partial charge in [-0.15, -0.1) is 0 Å². The molecular weight excluding hydrogens is 226 g/mol. The highest BCUT2D eigenvalue weighted by molar-refractivity contribution is 5.85. The van der Waals surface area contributed by atoms with E-state index in [0.29, 0.717) is 6.42 Å². The normalized spacial score (nSPS) is 10.7. The maximum absolute atomic E-state index is 10.3. The maximum atomic E-state index is 10.3. The zero-order chi connectivity index (χ0) is 12.8. The van der Waals surface area contributed by atoms with Gasteiger partial charge in [0.05, 0.1) is 6.54 Å². The van der Waals surface area contributed by atoms with Gasteiger partial charge < -0.3 is 15.2 Å². The van der Waals surface area contributed by atoms with Crippen molar-refractivity contribution in [3.63, 3.8) is 0 Å². The van der Waals surface area contributed by atoms with Gasteiger partial charge in [0.25, 0.3) is 0 Å². The molecule has 0 aliphatic carbocycles. The van der Waals surface area contributed by atoms with Crippen molar-refractivity contribution in [2.75, 3.05) is 6.54 Å². The lowest BCUT2D eigenvalue weighted by molar-refractivity contribution is -0.670. The number of carbonyl (C=O) groups excluding carboxylic acids is 1. The molecule has 2 aromatic carbocycles. The van der Waals surface area contributed by atoms with Crippen LogP contribution in [0.25, 0.3) is 10.8 Å². The zero-order valence-electron chi connectivity index (χ0n) is 10.3. The Labute approximate surface area is 106 Å². The third-order valence-electron chi connectivity index (χ3n) is 3.03. The molecule has 0 unspecified atom stereocenters. The summed E-state index contributed by atoms with van der Waals surface area (Å²) >= 11 is 0. The van der Waals surface area contributed by atoms with Gasteiger partial charge in [-0.2, -0.15) is 0 Å². The van der Waals surface area contributed by atoms with Gasteiger partial charge in [-0.3, -0.25) is 0 Å². The average molecular weight is 243 g/mol. The van der Waals surface area contributed by atoms with Gasteiger partial charge in [0.2, 0.25) is 0 Å². The van der Waals surface area contributed by atoms with Crippen LogP contribution in [0.4, 0.5) is 0 Å². The van der Waals surface area contributed by atoms with Crippen molar-refractivity contribution in [1.29, 1.82) is 0 Å². The summed E-state index contributed by atoms with van der Waals surface area (Å²) in [6.45, 7) is 1.70. The highest BCUT2D eigenvalue weighted by Crippen LogP contribution is 2.17. The first-order chi connectivity index (χ1) is 8.77. The lowest BCUT2D eigenvalue weighted by Gasteiger charge is -2.06. The minimum Gasteiger partial charge on any atom is -0.550 e. The molecule has 0 spiro atoms. The number of hydrogen-bond donors (Lipinski definition) is 1. The molecular formula is C15H17NO2. The van der Waals surface area contributed by atoms with Crippen LogP contribution < -0.4 is 10.4 Å². The third-order valence-corrected chi connectivity index (χ3v) is 3.03. The first-order valence-electron chi connectivity index (χ1n) is 6.25. The van der Waals surface area contributed by atoms with Crippen molar-refractivity contribution in [1.82, 2.24) is 0 Å². The second-order valence-corrected chi connectivity index (χ2v) is 4.40. The summed E-state index contributed by atoms with van der Waals surface area (Å²) in [5, 5.41) is 14.9. The predicted molar refractivity (Wildman–Crippen MR) is 68.7 cm³/mol. The second kappa shape index (κ2) is 6.17. The Bertz CT molecular complexity index is 532. The van der Waals surface area contributed by atoms with Crippen molar-refractivity contribution in [2.24, 2.45) is 0 Å². The first kappa shape index (κ1) is 12.6. The van der Waals surface area contributed by atoms with Crippen LogP contribution in [-0.4, -0.2) is 12.5 Å². The van der Waals surface area contributed by atoms with E-state index in [4.69, 9.17) is 0 Å². The van der Waals surface area contributed by atoms with E-state index in [2.05, 4.69) is 35.6 Å². The van der Waals surface area contributed by atoms with E-state index in [0.717, 1.165) is 13.1 Å². The van der Waals surface area contributed by atoms with E-state index < -0.39 is 5.97 Å². The van der Waals surface area contributed by atoms with E-state index in [9.17, 15) is 9.90 Å². The van der Waals surface area contributed by atoms with Gasteiger partial charge >= 0.3 is 0 Å². The van der Waals surface area contributed by atoms with Crippen LogP contribution >= 0.6 is 0 Å². The van der Waals surface area contributed by atoms with E-state index in [1.165, 1.54) is 16.3 Å². The molecule has 94 valence electrons. The molecule has 2 aromatic rings. The molecule has 0 atom stereocenters. The Morgan fingerprint density at radius 3 is 2.72 bits per heavy atom. The number of carbonyl (C=O) groups is 1. The third kappa shape index (κ3) is 3.31. The Morgan fingerprint density at radius 1 is 1.11 bits per heavy atom. The van der Waals surface area contributed by atoms with E-state index >= 15 is 0 Å². The number of hydrogen-bond acceptors (Lipinski definition) is 2. The van der Waals surface area contributed by atoms with E-state index in [-0.39, 0.29) is 6.42 Å². The molecule has 0 fully saturated rings. The molecule has 0 bridgehead atoms. The Morgan fingerprint density at radius 2 is 1.89 bits per heavy atom. The first-order valence-corrected chi connectivity index (χ1v) is 6.25. The largest absolute Gasteiger partial charge is 0.550 e. The predicted octanol–water partition coefficient (Wildman–Crippen LogP) is 0.433. The smallest absolute Gasteiger partial charge is 0.102 e. The van der Waals surface area contributed by atoms with E-state index in [1.54, 1.807) is 0 Å². The molecule has 0 amide bonds. The number of aliphatic carboxylic acids is 1. The van der Waals surface area contributed by atoms with Crippen molar-refractivity contribution >= 4 is 16.7 Å². The summed E-state index contributed by atoms with van der Waals surface area (Å²) in [7, 11) is 0. The van der Waals surface area contributed by atoms with Crippen LogP contribution in [0, 0.1) is 0 Å². The molecule has 0 heterocycles. The number of quaternary nitrogens is 1. The van der Waals surface area contributed by atoms with Gasteiger partial charge in [0, 0.05) is 18.0 Å². The summed E-state index contributed by atoms with van der Waals surface area (Å²) in [6.07, 6.45) is 0.805. The summed E-state index contributed by atoms with van der Waals surface area (Å²) in [5.41, 5.74) is 1.29. The Balaban J connectivity index is 1.93. The van der Waals surface area contributed by atoms with E-state index in [1.807, 2.05) is 12.1 Å². The number of fused-ring (bicyclic) bond motifs is 1. The van der Waals surface area contributed by atoms with Gasteiger partial charge in [-0.1, -0.05) is 42.5 Å². The second-order valence-electron chi connectivity index (χ2n) is 4.40. The lowest BCUT2D eigenvalue weighted by atomic mass is 10.0. The number of benzene rings is 2. The van der Waals surface area contributed by atoms with Crippen molar-refractivity contribution < 1.29 is 15.2 Å². The maximum Gasteiger partial charge on any atom is 0.102 e. The van der Waals surface area contributed by atoms with Gasteiger partial charge in [-0.25, -0.2) is 0 Å². The fraction of sp³-hybridized carbons (Fsp3) is 0.267. The molecule has 3 nitrogen and oxygen atoms in total. The molecule has 2 N–H and O–H groups in total. The van der Waals surface area contributed by atoms with Crippen molar-refractivity contribution in [3.05, 3.63) is 48.0 Å². The minimum atomic E-state index is -0.964. The molecule has 0 saturated heterocycles. The Kier molecular flexibility index (Phi) is 4.31. The summed E-state index contributed by atoms with van der Waals surface area (Å²) in [4.78, 5) is 10.3. The molecule has 0 radical (unpaired) electrons. The number of nitrogens with two attached hydrogens (primary N) is 1. The van der Waals surface area contributed by atoms with Crippen LogP contribution in [0.3, 0.4) is 0 Å². The molecule has 0 saturated carbocycles. The quantitative estimate of drug-likeness (QED) is 0.748. The fourth-order valence-electron chi connectivity index (χ4n) is 2.12. The summed E-state index contributed by atoms with van der Waals surface area (Å²) in [6, 6.07) is 14.6. The zero-order valence-corrected chi connectivity index (χ0v) is 10.3. The van der Waals surface area contributed by atoms with Crippen LogP contribution in [0.2, 0.25) is 0 Å². The van der Waals surface area contributed by atoms with Gasteiger partial charge in [0.1, 0.15) is 6.54 Å². The Hall–Kier alpha value is -1.87.